The van der Waals surface area contributed by atoms with Crippen LogP contribution < -0.4 is 14.5 Å². The van der Waals surface area contributed by atoms with Crippen LogP contribution in [0.4, 0.5) is 11.4 Å². The number of ether oxygens (including phenoxy) is 1. The van der Waals surface area contributed by atoms with Crippen molar-refractivity contribution < 1.29 is 14.3 Å². The summed E-state index contributed by atoms with van der Waals surface area (Å²) in [6.45, 7) is 3.00. The molecule has 6 nitrogen and oxygen atoms in total. The molecule has 1 aliphatic rings. The van der Waals surface area contributed by atoms with Crippen molar-refractivity contribution in [3.05, 3.63) is 83.6 Å². The number of rotatable bonds is 7. The van der Waals surface area contributed by atoms with Gasteiger partial charge in [0.2, 0.25) is 11.8 Å². The molecule has 7 heteroatoms. The zero-order valence-electron chi connectivity index (χ0n) is 17.8. The van der Waals surface area contributed by atoms with Crippen molar-refractivity contribution in [1.82, 2.24) is 4.98 Å². The molecule has 0 aliphatic carbocycles. The van der Waals surface area contributed by atoms with Gasteiger partial charge in [-0.1, -0.05) is 29.8 Å². The van der Waals surface area contributed by atoms with Crippen molar-refractivity contribution in [2.24, 2.45) is 5.92 Å². The normalized spacial score (nSPS) is 15.6. The number of amides is 2. The molecule has 3 aromatic rings. The minimum atomic E-state index is -0.475. The van der Waals surface area contributed by atoms with Gasteiger partial charge in [-0.2, -0.15) is 0 Å². The van der Waals surface area contributed by atoms with E-state index in [1.54, 1.807) is 28.1 Å². The molecule has 1 aliphatic heterocycles. The third-order valence-electron chi connectivity index (χ3n) is 5.38. The molecule has 1 atom stereocenters. The lowest BCUT2D eigenvalue weighted by Crippen LogP contribution is -2.37. The number of halogens is 1. The van der Waals surface area contributed by atoms with Crippen molar-refractivity contribution >= 4 is 34.8 Å². The molecule has 0 N–H and O–H groups in total. The van der Waals surface area contributed by atoms with E-state index >= 15 is 0 Å². The summed E-state index contributed by atoms with van der Waals surface area (Å²) in [5.41, 5.74) is 2.17. The summed E-state index contributed by atoms with van der Waals surface area (Å²) in [7, 11) is 0. The molecule has 1 fully saturated rings. The zero-order chi connectivity index (χ0) is 22.5. The summed E-state index contributed by atoms with van der Waals surface area (Å²) in [6.07, 6.45) is 1.84. The molecule has 0 bridgehead atoms. The molecule has 2 amide bonds. The summed E-state index contributed by atoms with van der Waals surface area (Å²) >= 11 is 6.05. The number of anilines is 2. The van der Waals surface area contributed by atoms with Crippen LogP contribution >= 0.6 is 11.6 Å². The Morgan fingerprint density at radius 2 is 1.88 bits per heavy atom. The Bertz CT molecular complexity index is 1090. The Morgan fingerprint density at radius 1 is 1.12 bits per heavy atom. The molecular formula is C25H24ClN3O3. The topological polar surface area (TPSA) is 62.7 Å². The van der Waals surface area contributed by atoms with Gasteiger partial charge in [-0.05, 0) is 55.5 Å². The lowest BCUT2D eigenvalue weighted by Gasteiger charge is -2.26. The second-order valence-electron chi connectivity index (χ2n) is 7.53. The van der Waals surface area contributed by atoms with Gasteiger partial charge in [-0.25, -0.2) is 0 Å². The number of carbonyl (C=O) groups is 2. The van der Waals surface area contributed by atoms with Gasteiger partial charge in [-0.15, -0.1) is 0 Å². The molecular weight excluding hydrogens is 426 g/mol. The lowest BCUT2D eigenvalue weighted by atomic mass is 10.1. The first-order valence-corrected chi connectivity index (χ1v) is 10.9. The van der Waals surface area contributed by atoms with E-state index in [1.165, 1.54) is 0 Å². The Labute approximate surface area is 192 Å². The monoisotopic (exact) mass is 449 g/mol. The van der Waals surface area contributed by atoms with Crippen LogP contribution in [0.3, 0.4) is 0 Å². The highest BCUT2D eigenvalue weighted by atomic mass is 35.5. The van der Waals surface area contributed by atoms with E-state index in [0.29, 0.717) is 41.8 Å². The first-order chi connectivity index (χ1) is 15.6. The summed E-state index contributed by atoms with van der Waals surface area (Å²) < 4.78 is 5.69. The van der Waals surface area contributed by atoms with Crippen LogP contribution in [0.25, 0.3) is 0 Å². The highest BCUT2D eigenvalue weighted by Gasteiger charge is 2.38. The summed E-state index contributed by atoms with van der Waals surface area (Å²) in [5, 5.41) is 0.591. The number of pyridine rings is 1. The van der Waals surface area contributed by atoms with Crippen LogP contribution in [0.15, 0.2) is 72.9 Å². The second kappa shape index (κ2) is 9.83. The highest BCUT2D eigenvalue weighted by molar-refractivity contribution is 6.30. The van der Waals surface area contributed by atoms with E-state index in [1.807, 2.05) is 61.5 Å². The molecule has 0 spiro atoms. The van der Waals surface area contributed by atoms with Crippen molar-refractivity contribution in [2.75, 3.05) is 23.0 Å². The minimum Gasteiger partial charge on any atom is -0.492 e. The average molecular weight is 450 g/mol. The summed E-state index contributed by atoms with van der Waals surface area (Å²) in [4.78, 5) is 34.2. The first kappa shape index (κ1) is 21.8. The Hall–Kier alpha value is -3.38. The lowest BCUT2D eigenvalue weighted by molar-refractivity contribution is -0.124. The molecule has 1 saturated heterocycles. The fourth-order valence-electron chi connectivity index (χ4n) is 3.86. The average Bonchev–Trinajstić information content (AvgIpc) is 3.20. The maximum Gasteiger partial charge on any atom is 0.232 e. The van der Waals surface area contributed by atoms with Crippen LogP contribution in [0.5, 0.6) is 5.75 Å². The maximum absolute atomic E-state index is 13.6. The van der Waals surface area contributed by atoms with Crippen molar-refractivity contribution in [2.45, 2.75) is 19.9 Å². The molecule has 1 unspecified atom stereocenters. The van der Waals surface area contributed by atoms with E-state index in [2.05, 4.69) is 4.98 Å². The van der Waals surface area contributed by atoms with Gasteiger partial charge in [0.25, 0.3) is 0 Å². The van der Waals surface area contributed by atoms with Gasteiger partial charge in [0.15, 0.2) is 0 Å². The summed E-state index contributed by atoms with van der Waals surface area (Å²) in [5.74, 6) is -0.0526. The number of benzene rings is 2. The van der Waals surface area contributed by atoms with Gasteiger partial charge in [-0.3, -0.25) is 14.6 Å². The van der Waals surface area contributed by atoms with E-state index in [0.717, 1.165) is 5.69 Å². The molecule has 4 rings (SSSR count). The molecule has 0 radical (unpaired) electrons. The molecule has 1 aromatic heterocycles. The van der Waals surface area contributed by atoms with Crippen LogP contribution in [0.1, 0.15) is 19.0 Å². The van der Waals surface area contributed by atoms with E-state index in [9.17, 15) is 9.59 Å². The van der Waals surface area contributed by atoms with Crippen molar-refractivity contribution in [3.63, 3.8) is 0 Å². The molecule has 0 saturated carbocycles. The standard InChI is InChI=1S/C25H24ClN3O3/c1-2-32-23-9-4-3-8-22(23)29-16-18(15-24(29)30)25(31)28(17-20-7-5-6-14-27-20)21-12-10-19(26)11-13-21/h3-14,18H,2,15-17H2,1H3. The van der Waals surface area contributed by atoms with Crippen LogP contribution in [0.2, 0.25) is 5.02 Å². The van der Waals surface area contributed by atoms with Crippen molar-refractivity contribution in [3.8, 4) is 5.75 Å². The fraction of sp³-hybridized carbons (Fsp3) is 0.240. The number of para-hydroxylation sites is 2. The summed E-state index contributed by atoms with van der Waals surface area (Å²) in [6, 6.07) is 20.1. The smallest absolute Gasteiger partial charge is 0.232 e. The third-order valence-corrected chi connectivity index (χ3v) is 5.63. The predicted octanol–water partition coefficient (Wildman–Crippen LogP) is 4.72. The molecule has 2 heterocycles. The molecule has 164 valence electrons. The zero-order valence-corrected chi connectivity index (χ0v) is 18.5. The minimum absolute atomic E-state index is 0.0932. The Morgan fingerprint density at radius 3 is 2.59 bits per heavy atom. The van der Waals surface area contributed by atoms with Gasteiger partial charge < -0.3 is 14.5 Å². The van der Waals surface area contributed by atoms with Crippen LogP contribution in [-0.2, 0) is 16.1 Å². The predicted molar refractivity (Wildman–Crippen MR) is 125 cm³/mol. The van der Waals surface area contributed by atoms with E-state index in [-0.39, 0.29) is 18.2 Å². The SMILES string of the molecule is CCOc1ccccc1N1CC(C(=O)N(Cc2ccccn2)c2ccc(Cl)cc2)CC1=O. The second-order valence-corrected chi connectivity index (χ2v) is 7.96. The molecule has 2 aromatic carbocycles. The van der Waals surface area contributed by atoms with Gasteiger partial charge in [0, 0.05) is 29.9 Å². The molecule has 32 heavy (non-hydrogen) atoms. The number of nitrogens with zero attached hydrogens (tertiary/aromatic N) is 3. The Balaban J connectivity index is 1.60. The quantitative estimate of drug-likeness (QED) is 0.523. The van der Waals surface area contributed by atoms with E-state index in [4.69, 9.17) is 16.3 Å². The number of hydrogen-bond acceptors (Lipinski definition) is 4. The fourth-order valence-corrected chi connectivity index (χ4v) is 3.98. The number of carbonyl (C=O) groups excluding carboxylic acids is 2. The van der Waals surface area contributed by atoms with Crippen molar-refractivity contribution in [1.29, 1.82) is 0 Å². The van der Waals surface area contributed by atoms with Gasteiger partial charge >= 0.3 is 0 Å². The van der Waals surface area contributed by atoms with Gasteiger partial charge in [0.05, 0.1) is 30.5 Å². The van der Waals surface area contributed by atoms with Crippen LogP contribution in [0, 0.1) is 5.92 Å². The maximum atomic E-state index is 13.6. The first-order valence-electron chi connectivity index (χ1n) is 10.6. The Kier molecular flexibility index (Phi) is 6.71. The number of hydrogen-bond donors (Lipinski definition) is 0. The van der Waals surface area contributed by atoms with Gasteiger partial charge in [0.1, 0.15) is 5.75 Å². The highest BCUT2D eigenvalue weighted by Crippen LogP contribution is 2.34. The largest absolute Gasteiger partial charge is 0.492 e. The number of aromatic nitrogens is 1. The third kappa shape index (κ3) is 4.75. The van der Waals surface area contributed by atoms with E-state index < -0.39 is 5.92 Å². The van der Waals surface area contributed by atoms with Crippen LogP contribution in [-0.4, -0.2) is 29.9 Å².